The summed E-state index contributed by atoms with van der Waals surface area (Å²) in [7, 11) is 2.21. The van der Waals surface area contributed by atoms with E-state index in [4.69, 9.17) is 18.0 Å². The molecule has 1 aliphatic rings. The Labute approximate surface area is 115 Å². The number of nitrogens with two attached hydrogens (primary N) is 1. The first kappa shape index (κ1) is 13.5. The Kier molecular flexibility index (Phi) is 4.72. The molecule has 0 saturated heterocycles. The average Bonchev–Trinajstić information content (AvgIpc) is 2.40. The van der Waals surface area contributed by atoms with Crippen LogP contribution in [0.5, 0.6) is 0 Å². The highest BCUT2D eigenvalue weighted by molar-refractivity contribution is 7.80. The van der Waals surface area contributed by atoms with E-state index in [0.29, 0.717) is 4.99 Å². The monoisotopic (exact) mass is 262 g/mol. The third kappa shape index (κ3) is 3.30. The zero-order valence-corrected chi connectivity index (χ0v) is 11.9. The van der Waals surface area contributed by atoms with Gasteiger partial charge in [-0.05, 0) is 25.5 Å². The van der Waals surface area contributed by atoms with E-state index in [1.54, 1.807) is 0 Å². The van der Waals surface area contributed by atoms with Crippen molar-refractivity contribution >= 4 is 17.2 Å². The second kappa shape index (κ2) is 6.30. The molecule has 0 spiro atoms. The number of hydrogen-bond acceptors (Lipinski definition) is 2. The van der Waals surface area contributed by atoms with E-state index in [1.807, 2.05) is 12.1 Å². The van der Waals surface area contributed by atoms with Gasteiger partial charge in [-0.2, -0.15) is 0 Å². The first-order valence-corrected chi connectivity index (χ1v) is 7.17. The highest BCUT2D eigenvalue weighted by Crippen LogP contribution is 2.23. The highest BCUT2D eigenvalue weighted by atomic mass is 32.1. The first-order chi connectivity index (χ1) is 8.68. The van der Waals surface area contributed by atoms with Gasteiger partial charge in [0.05, 0.1) is 0 Å². The van der Waals surface area contributed by atoms with E-state index in [-0.39, 0.29) is 0 Å². The van der Waals surface area contributed by atoms with Crippen molar-refractivity contribution in [1.29, 1.82) is 0 Å². The summed E-state index contributed by atoms with van der Waals surface area (Å²) in [5, 5.41) is 0. The van der Waals surface area contributed by atoms with Crippen LogP contribution < -0.4 is 5.73 Å². The predicted octanol–water partition coefficient (Wildman–Crippen LogP) is 3.09. The molecular formula is C15H22N2S. The molecule has 1 aliphatic carbocycles. The Morgan fingerprint density at radius 2 is 1.94 bits per heavy atom. The third-order valence-electron chi connectivity index (χ3n) is 3.90. The van der Waals surface area contributed by atoms with Crippen LogP contribution in [0.2, 0.25) is 0 Å². The molecule has 1 aromatic rings. The second-order valence-electron chi connectivity index (χ2n) is 5.23. The van der Waals surface area contributed by atoms with Gasteiger partial charge in [-0.3, -0.25) is 4.90 Å². The number of hydrogen-bond donors (Lipinski definition) is 1. The molecule has 0 unspecified atom stereocenters. The third-order valence-corrected chi connectivity index (χ3v) is 4.12. The molecule has 98 valence electrons. The number of thiocarbonyl (C=S) groups is 1. The fourth-order valence-corrected chi connectivity index (χ4v) is 3.02. The van der Waals surface area contributed by atoms with Crippen LogP contribution in [0.4, 0.5) is 0 Å². The van der Waals surface area contributed by atoms with Gasteiger partial charge < -0.3 is 5.73 Å². The lowest BCUT2D eigenvalue weighted by Crippen LogP contribution is -2.33. The summed E-state index contributed by atoms with van der Waals surface area (Å²) >= 11 is 5.12. The maximum atomic E-state index is 5.78. The molecule has 3 heteroatoms. The maximum absolute atomic E-state index is 5.78. The minimum atomic E-state index is 0.502. The van der Waals surface area contributed by atoms with Gasteiger partial charge >= 0.3 is 0 Å². The van der Waals surface area contributed by atoms with Crippen LogP contribution in [0, 0.1) is 0 Å². The smallest absolute Gasteiger partial charge is 0.104 e. The van der Waals surface area contributed by atoms with E-state index in [0.717, 1.165) is 18.2 Å². The van der Waals surface area contributed by atoms with Gasteiger partial charge in [0.25, 0.3) is 0 Å². The molecule has 0 aromatic heterocycles. The Bertz CT molecular complexity index is 411. The van der Waals surface area contributed by atoms with Crippen molar-refractivity contribution in [2.24, 2.45) is 5.73 Å². The Morgan fingerprint density at radius 1 is 1.28 bits per heavy atom. The molecule has 0 amide bonds. The van der Waals surface area contributed by atoms with Gasteiger partial charge in [-0.15, -0.1) is 0 Å². The Morgan fingerprint density at radius 3 is 2.61 bits per heavy atom. The number of nitrogens with zero attached hydrogens (tertiary/aromatic N) is 1. The fraction of sp³-hybridized carbons (Fsp3) is 0.533. The number of rotatable bonds is 4. The van der Waals surface area contributed by atoms with Crippen LogP contribution in [0.3, 0.4) is 0 Å². The summed E-state index contributed by atoms with van der Waals surface area (Å²) in [6.45, 7) is 0.943. The van der Waals surface area contributed by atoms with E-state index in [9.17, 15) is 0 Å². The van der Waals surface area contributed by atoms with Crippen LogP contribution in [-0.2, 0) is 6.54 Å². The summed E-state index contributed by atoms with van der Waals surface area (Å²) < 4.78 is 0. The van der Waals surface area contributed by atoms with E-state index >= 15 is 0 Å². The zero-order chi connectivity index (χ0) is 13.0. The van der Waals surface area contributed by atoms with E-state index < -0.39 is 0 Å². The second-order valence-corrected chi connectivity index (χ2v) is 5.67. The van der Waals surface area contributed by atoms with Gasteiger partial charge in [0.15, 0.2) is 0 Å². The molecule has 0 atom stereocenters. The fourth-order valence-electron chi connectivity index (χ4n) is 2.82. The summed E-state index contributed by atoms with van der Waals surface area (Å²) in [6, 6.07) is 8.93. The molecule has 18 heavy (non-hydrogen) atoms. The topological polar surface area (TPSA) is 29.3 Å². The van der Waals surface area contributed by atoms with Gasteiger partial charge in [0.2, 0.25) is 0 Å². The van der Waals surface area contributed by atoms with E-state index in [1.165, 1.54) is 37.7 Å². The van der Waals surface area contributed by atoms with Crippen molar-refractivity contribution in [3.05, 3.63) is 35.4 Å². The normalized spacial score (nSPS) is 17.0. The molecule has 2 N–H and O–H groups in total. The molecule has 2 nitrogen and oxygen atoms in total. The van der Waals surface area contributed by atoms with Gasteiger partial charge in [-0.25, -0.2) is 0 Å². The van der Waals surface area contributed by atoms with Crippen molar-refractivity contribution in [2.75, 3.05) is 7.05 Å². The maximum Gasteiger partial charge on any atom is 0.104 e. The van der Waals surface area contributed by atoms with Crippen LogP contribution in [0.15, 0.2) is 24.3 Å². The Hall–Kier alpha value is -0.930. The highest BCUT2D eigenvalue weighted by Gasteiger charge is 2.18. The zero-order valence-electron chi connectivity index (χ0n) is 11.1. The molecule has 0 heterocycles. The van der Waals surface area contributed by atoms with Crippen molar-refractivity contribution in [1.82, 2.24) is 4.90 Å². The minimum Gasteiger partial charge on any atom is -0.389 e. The lowest BCUT2D eigenvalue weighted by molar-refractivity contribution is 0.184. The molecular weight excluding hydrogens is 240 g/mol. The molecule has 2 rings (SSSR count). The minimum absolute atomic E-state index is 0.502. The average molecular weight is 262 g/mol. The molecule has 1 fully saturated rings. The van der Waals surface area contributed by atoms with Crippen molar-refractivity contribution in [3.63, 3.8) is 0 Å². The van der Waals surface area contributed by atoms with Crippen LogP contribution in [-0.4, -0.2) is 23.0 Å². The summed E-state index contributed by atoms with van der Waals surface area (Å²) in [4.78, 5) is 2.96. The molecule has 0 bridgehead atoms. The van der Waals surface area contributed by atoms with Crippen LogP contribution in [0.25, 0.3) is 0 Å². The van der Waals surface area contributed by atoms with Crippen molar-refractivity contribution < 1.29 is 0 Å². The standard InChI is InChI=1S/C15H22N2S/c1-17(13-8-3-2-4-9-13)11-12-7-5-6-10-14(12)15(16)18/h5-7,10,13H,2-4,8-9,11H2,1H3,(H2,16,18). The summed E-state index contributed by atoms with van der Waals surface area (Å²) in [5.74, 6) is 0. The van der Waals surface area contributed by atoms with E-state index in [2.05, 4.69) is 24.1 Å². The molecule has 1 aromatic carbocycles. The SMILES string of the molecule is CN(Cc1ccccc1C(N)=S)C1CCCCC1. The van der Waals surface area contributed by atoms with Crippen LogP contribution in [0.1, 0.15) is 43.2 Å². The van der Waals surface area contributed by atoms with Crippen molar-refractivity contribution in [2.45, 2.75) is 44.7 Å². The van der Waals surface area contributed by atoms with Gasteiger partial charge in [-0.1, -0.05) is 55.7 Å². The lowest BCUT2D eigenvalue weighted by atomic mass is 9.94. The lowest BCUT2D eigenvalue weighted by Gasteiger charge is -2.31. The molecule has 0 radical (unpaired) electrons. The summed E-state index contributed by atoms with van der Waals surface area (Å²) in [5.41, 5.74) is 8.05. The summed E-state index contributed by atoms with van der Waals surface area (Å²) in [6.07, 6.45) is 6.78. The predicted molar refractivity (Wildman–Crippen MR) is 80.7 cm³/mol. The molecule has 0 aliphatic heterocycles. The van der Waals surface area contributed by atoms with Crippen molar-refractivity contribution in [3.8, 4) is 0 Å². The van der Waals surface area contributed by atoms with Crippen LogP contribution >= 0.6 is 12.2 Å². The molecule has 1 saturated carbocycles. The van der Waals surface area contributed by atoms with Gasteiger partial charge in [0, 0.05) is 18.2 Å². The number of benzene rings is 1. The Balaban J connectivity index is 2.06. The largest absolute Gasteiger partial charge is 0.389 e. The first-order valence-electron chi connectivity index (χ1n) is 6.76. The van der Waals surface area contributed by atoms with Gasteiger partial charge in [0.1, 0.15) is 4.99 Å². The quantitative estimate of drug-likeness (QED) is 0.846.